The van der Waals surface area contributed by atoms with Crippen molar-refractivity contribution in [3.63, 3.8) is 0 Å². The van der Waals surface area contributed by atoms with Gasteiger partial charge in [0, 0.05) is 24.8 Å². The summed E-state index contributed by atoms with van der Waals surface area (Å²) in [5, 5.41) is 8.68. The van der Waals surface area contributed by atoms with Crippen molar-refractivity contribution in [2.24, 2.45) is 5.10 Å². The zero-order valence-electron chi connectivity index (χ0n) is 12.5. The Hall–Kier alpha value is -1.17. The Kier molecular flexibility index (Phi) is 8.98. The predicted octanol–water partition coefficient (Wildman–Crippen LogP) is 3.34. The lowest BCUT2D eigenvalue weighted by Crippen LogP contribution is -2.33. The van der Waals surface area contributed by atoms with E-state index >= 15 is 0 Å². The second-order valence-corrected chi connectivity index (χ2v) is 5.18. The molecule has 4 nitrogen and oxygen atoms in total. The summed E-state index contributed by atoms with van der Waals surface area (Å²) >= 11 is 11.1. The van der Waals surface area contributed by atoms with Crippen LogP contribution in [0.25, 0.3) is 0 Å². The van der Waals surface area contributed by atoms with E-state index in [0.29, 0.717) is 10.1 Å². The summed E-state index contributed by atoms with van der Waals surface area (Å²) in [6.07, 6.45) is 1.72. The van der Waals surface area contributed by atoms with Crippen molar-refractivity contribution in [3.05, 3.63) is 34.9 Å². The Labute approximate surface area is 136 Å². The van der Waals surface area contributed by atoms with E-state index in [4.69, 9.17) is 28.6 Å². The van der Waals surface area contributed by atoms with Gasteiger partial charge in [0.05, 0.1) is 5.71 Å². The lowest BCUT2D eigenvalue weighted by Gasteiger charge is -2.09. The summed E-state index contributed by atoms with van der Waals surface area (Å²) in [4.78, 5) is 0. The molecule has 0 amide bonds. The molecule has 0 atom stereocenters. The topological polar surface area (TPSA) is 45.6 Å². The molecule has 0 aliphatic carbocycles. The third-order valence-electron chi connectivity index (χ3n) is 2.76. The smallest absolute Gasteiger partial charge is 0.186 e. The minimum Gasteiger partial charge on any atom is -0.382 e. The largest absolute Gasteiger partial charge is 0.382 e. The Morgan fingerprint density at radius 2 is 2.00 bits per heavy atom. The average molecular weight is 328 g/mol. The molecule has 0 heterocycles. The molecule has 0 unspecified atom stereocenters. The van der Waals surface area contributed by atoms with Crippen LogP contribution in [-0.4, -0.2) is 30.6 Å². The van der Waals surface area contributed by atoms with E-state index in [1.54, 1.807) is 0 Å². The second kappa shape index (κ2) is 10.5. The predicted molar refractivity (Wildman–Crippen MR) is 93.1 cm³/mol. The molecule has 2 N–H and O–H groups in total. The number of benzene rings is 1. The minimum absolute atomic E-state index is 0.520. The first-order chi connectivity index (χ1) is 10.2. The van der Waals surface area contributed by atoms with Crippen LogP contribution in [0.4, 0.5) is 0 Å². The first-order valence-electron chi connectivity index (χ1n) is 7.11. The highest BCUT2D eigenvalue weighted by Crippen LogP contribution is 2.11. The highest BCUT2D eigenvalue weighted by atomic mass is 35.5. The SMILES string of the molecule is CCOCCCNC(=S)N/N=C(/CC)c1ccc(Cl)cc1. The van der Waals surface area contributed by atoms with Crippen LogP contribution < -0.4 is 10.7 Å². The summed E-state index contributed by atoms with van der Waals surface area (Å²) in [6, 6.07) is 7.61. The molecule has 0 bridgehead atoms. The Morgan fingerprint density at radius 3 is 2.62 bits per heavy atom. The molecular formula is C15H22ClN3OS. The molecule has 0 spiro atoms. The van der Waals surface area contributed by atoms with Crippen molar-refractivity contribution in [2.45, 2.75) is 26.7 Å². The van der Waals surface area contributed by atoms with Crippen LogP contribution in [0.5, 0.6) is 0 Å². The molecule has 6 heteroatoms. The number of thiocarbonyl (C=S) groups is 1. The maximum atomic E-state index is 5.88. The summed E-state index contributed by atoms with van der Waals surface area (Å²) in [7, 11) is 0. The first kappa shape index (κ1) is 17.9. The van der Waals surface area contributed by atoms with Crippen LogP contribution in [-0.2, 0) is 4.74 Å². The molecule has 0 saturated carbocycles. The summed E-state index contributed by atoms with van der Waals surface area (Å²) in [5.41, 5.74) is 4.84. The van der Waals surface area contributed by atoms with Gasteiger partial charge >= 0.3 is 0 Å². The first-order valence-corrected chi connectivity index (χ1v) is 7.90. The van der Waals surface area contributed by atoms with E-state index < -0.39 is 0 Å². The van der Waals surface area contributed by atoms with Gasteiger partial charge in [0.2, 0.25) is 0 Å². The maximum absolute atomic E-state index is 5.88. The van der Waals surface area contributed by atoms with Gasteiger partial charge in [-0.25, -0.2) is 0 Å². The molecule has 0 aromatic heterocycles. The van der Waals surface area contributed by atoms with Gasteiger partial charge < -0.3 is 10.1 Å². The summed E-state index contributed by atoms with van der Waals surface area (Å²) in [6.45, 7) is 6.28. The van der Waals surface area contributed by atoms with Crippen LogP contribution in [0.15, 0.2) is 29.4 Å². The lowest BCUT2D eigenvalue weighted by molar-refractivity contribution is 0.145. The van der Waals surface area contributed by atoms with Gasteiger partial charge in [0.15, 0.2) is 5.11 Å². The van der Waals surface area contributed by atoms with Crippen molar-refractivity contribution in [1.29, 1.82) is 0 Å². The molecule has 116 valence electrons. The molecule has 0 aliphatic heterocycles. The normalized spacial score (nSPS) is 11.3. The van der Waals surface area contributed by atoms with Gasteiger partial charge in [-0.05, 0) is 49.7 Å². The Morgan fingerprint density at radius 1 is 1.29 bits per heavy atom. The van der Waals surface area contributed by atoms with E-state index in [2.05, 4.69) is 15.8 Å². The van der Waals surface area contributed by atoms with Gasteiger partial charge in [-0.1, -0.05) is 30.7 Å². The Bertz CT molecular complexity index is 462. The molecular weight excluding hydrogens is 306 g/mol. The second-order valence-electron chi connectivity index (χ2n) is 4.34. The van der Waals surface area contributed by atoms with Crippen LogP contribution in [0.2, 0.25) is 5.02 Å². The molecule has 0 radical (unpaired) electrons. The maximum Gasteiger partial charge on any atom is 0.186 e. The van der Waals surface area contributed by atoms with Gasteiger partial charge in [-0.2, -0.15) is 5.10 Å². The summed E-state index contributed by atoms with van der Waals surface area (Å²) in [5.74, 6) is 0. The van der Waals surface area contributed by atoms with E-state index in [9.17, 15) is 0 Å². The molecule has 1 aromatic carbocycles. The fourth-order valence-corrected chi connectivity index (χ4v) is 1.94. The molecule has 0 saturated heterocycles. The van der Waals surface area contributed by atoms with E-state index in [1.165, 1.54) is 0 Å². The number of hydrogen-bond acceptors (Lipinski definition) is 3. The van der Waals surface area contributed by atoms with Crippen molar-refractivity contribution in [3.8, 4) is 0 Å². The molecule has 1 rings (SSSR count). The number of nitrogens with zero attached hydrogens (tertiary/aromatic N) is 1. The number of rotatable bonds is 8. The summed E-state index contributed by atoms with van der Waals surface area (Å²) < 4.78 is 5.26. The van der Waals surface area contributed by atoms with E-state index in [0.717, 1.165) is 43.9 Å². The highest BCUT2D eigenvalue weighted by Gasteiger charge is 2.02. The monoisotopic (exact) mass is 327 g/mol. The molecule has 0 aliphatic rings. The third kappa shape index (κ3) is 7.41. The van der Waals surface area contributed by atoms with Gasteiger partial charge in [-0.3, -0.25) is 5.43 Å². The number of ether oxygens (including phenoxy) is 1. The standard InChI is InChI=1S/C15H22ClN3OS/c1-3-14(12-6-8-13(16)9-7-12)18-19-15(21)17-10-5-11-20-4-2/h6-9H,3-5,10-11H2,1-2H3,(H2,17,19,21)/b18-14-. The zero-order chi connectivity index (χ0) is 15.5. The van der Waals surface area contributed by atoms with Crippen LogP contribution >= 0.6 is 23.8 Å². The van der Waals surface area contributed by atoms with Gasteiger partial charge in [0.25, 0.3) is 0 Å². The fourth-order valence-electron chi connectivity index (χ4n) is 1.67. The van der Waals surface area contributed by atoms with E-state index in [-0.39, 0.29) is 0 Å². The fraction of sp³-hybridized carbons (Fsp3) is 0.467. The van der Waals surface area contributed by atoms with Gasteiger partial charge in [0.1, 0.15) is 0 Å². The quantitative estimate of drug-likeness (QED) is 0.333. The van der Waals surface area contributed by atoms with Crippen molar-refractivity contribution < 1.29 is 4.74 Å². The Balaban J connectivity index is 2.41. The van der Waals surface area contributed by atoms with Gasteiger partial charge in [-0.15, -0.1) is 0 Å². The van der Waals surface area contributed by atoms with Crippen LogP contribution in [0, 0.1) is 0 Å². The lowest BCUT2D eigenvalue weighted by atomic mass is 10.1. The highest BCUT2D eigenvalue weighted by molar-refractivity contribution is 7.80. The molecule has 1 aromatic rings. The average Bonchev–Trinajstić information content (AvgIpc) is 2.49. The number of hydrogen-bond donors (Lipinski definition) is 2. The number of nitrogens with one attached hydrogen (secondary N) is 2. The van der Waals surface area contributed by atoms with Crippen LogP contribution in [0.3, 0.4) is 0 Å². The van der Waals surface area contributed by atoms with Crippen molar-refractivity contribution in [2.75, 3.05) is 19.8 Å². The minimum atomic E-state index is 0.520. The van der Waals surface area contributed by atoms with Crippen molar-refractivity contribution in [1.82, 2.24) is 10.7 Å². The number of halogens is 1. The number of hydrazone groups is 1. The van der Waals surface area contributed by atoms with Crippen LogP contribution in [0.1, 0.15) is 32.3 Å². The third-order valence-corrected chi connectivity index (χ3v) is 3.25. The molecule has 0 fully saturated rings. The van der Waals surface area contributed by atoms with E-state index in [1.807, 2.05) is 38.1 Å². The zero-order valence-corrected chi connectivity index (χ0v) is 14.1. The van der Waals surface area contributed by atoms with Crippen molar-refractivity contribution >= 4 is 34.6 Å². The molecule has 21 heavy (non-hydrogen) atoms.